The van der Waals surface area contributed by atoms with Crippen molar-refractivity contribution in [3.8, 4) is 0 Å². The van der Waals surface area contributed by atoms with Gasteiger partial charge in [0, 0.05) is 13.1 Å². The van der Waals surface area contributed by atoms with Crippen molar-refractivity contribution in [1.29, 1.82) is 0 Å². The van der Waals surface area contributed by atoms with Gasteiger partial charge in [0.05, 0.1) is 4.92 Å². The fourth-order valence-corrected chi connectivity index (χ4v) is 2.51. The lowest BCUT2D eigenvalue weighted by Gasteiger charge is -2.23. The number of aromatic nitrogens is 2. The molecule has 0 unspecified atom stereocenters. The minimum absolute atomic E-state index is 0.0449. The fraction of sp³-hybridized carbons (Fsp3) is 0.667. The number of hydrogen-bond acceptors (Lipinski definition) is 7. The average molecular weight is 280 g/mol. The highest BCUT2D eigenvalue weighted by molar-refractivity contribution is 5.69. The molecule has 1 aromatic heterocycles. The standard InChI is InChI=1S/C12H20N6O2/c1-12(2)4-3-6-17(7-5-12)11-9(18(19)20)10(16-13)14-8-15-11/h8H,3-7,13H2,1-2H3,(H,14,15,16). The van der Waals surface area contributed by atoms with Gasteiger partial charge in [0.2, 0.25) is 11.6 Å². The molecule has 0 saturated carbocycles. The molecule has 8 nitrogen and oxygen atoms in total. The zero-order valence-electron chi connectivity index (χ0n) is 11.8. The molecule has 2 heterocycles. The van der Waals surface area contributed by atoms with Crippen LogP contribution in [0.4, 0.5) is 17.3 Å². The van der Waals surface area contributed by atoms with E-state index in [2.05, 4.69) is 29.2 Å². The lowest BCUT2D eigenvalue weighted by atomic mass is 9.85. The summed E-state index contributed by atoms with van der Waals surface area (Å²) in [6, 6.07) is 0. The second kappa shape index (κ2) is 5.58. The molecule has 0 aromatic carbocycles. The molecule has 110 valence electrons. The van der Waals surface area contributed by atoms with Gasteiger partial charge >= 0.3 is 5.69 Å². The van der Waals surface area contributed by atoms with Crippen LogP contribution in [0.1, 0.15) is 33.1 Å². The minimum atomic E-state index is -0.486. The minimum Gasteiger partial charge on any atom is -0.351 e. The van der Waals surface area contributed by atoms with Gasteiger partial charge in [0.25, 0.3) is 0 Å². The first-order valence-corrected chi connectivity index (χ1v) is 6.65. The maximum atomic E-state index is 11.3. The Morgan fingerprint density at radius 3 is 2.80 bits per heavy atom. The molecule has 2 rings (SSSR count). The number of nitrogens with zero attached hydrogens (tertiary/aromatic N) is 4. The van der Waals surface area contributed by atoms with E-state index in [0.717, 1.165) is 32.4 Å². The SMILES string of the molecule is CC1(C)CCCN(c2ncnc(NN)c2[N+](=O)[O-])CC1. The molecule has 1 aliphatic heterocycles. The van der Waals surface area contributed by atoms with Crippen LogP contribution in [0.5, 0.6) is 0 Å². The number of nitrogens with one attached hydrogen (secondary N) is 1. The maximum Gasteiger partial charge on any atom is 0.354 e. The molecule has 0 spiro atoms. The topological polar surface area (TPSA) is 110 Å². The second-order valence-electron chi connectivity index (χ2n) is 5.80. The first-order chi connectivity index (χ1) is 9.44. The quantitative estimate of drug-likeness (QED) is 0.492. The monoisotopic (exact) mass is 280 g/mol. The van der Waals surface area contributed by atoms with E-state index in [1.165, 1.54) is 6.33 Å². The Morgan fingerprint density at radius 2 is 2.15 bits per heavy atom. The Labute approximate surface area is 117 Å². The van der Waals surface area contributed by atoms with Crippen molar-refractivity contribution in [3.05, 3.63) is 16.4 Å². The number of nitrogen functional groups attached to an aromatic ring is 1. The highest BCUT2D eigenvalue weighted by atomic mass is 16.6. The van der Waals surface area contributed by atoms with Gasteiger partial charge in [-0.2, -0.15) is 0 Å². The fourth-order valence-electron chi connectivity index (χ4n) is 2.51. The zero-order valence-corrected chi connectivity index (χ0v) is 11.8. The molecule has 1 aliphatic rings. The highest BCUT2D eigenvalue weighted by Gasteiger charge is 2.30. The summed E-state index contributed by atoms with van der Waals surface area (Å²) in [4.78, 5) is 20.6. The summed E-state index contributed by atoms with van der Waals surface area (Å²) in [6.45, 7) is 5.94. The van der Waals surface area contributed by atoms with E-state index in [4.69, 9.17) is 5.84 Å². The predicted octanol–water partition coefficient (Wildman–Crippen LogP) is 1.69. The smallest absolute Gasteiger partial charge is 0.351 e. The summed E-state index contributed by atoms with van der Waals surface area (Å²) < 4.78 is 0. The van der Waals surface area contributed by atoms with Crippen LogP contribution >= 0.6 is 0 Å². The normalized spacial score (nSPS) is 18.4. The summed E-state index contributed by atoms with van der Waals surface area (Å²) in [5.41, 5.74) is 2.37. The van der Waals surface area contributed by atoms with Crippen LogP contribution in [0.2, 0.25) is 0 Å². The van der Waals surface area contributed by atoms with Crippen LogP contribution in [0.15, 0.2) is 6.33 Å². The van der Waals surface area contributed by atoms with E-state index in [1.54, 1.807) is 0 Å². The number of nitrogens with two attached hydrogens (primary N) is 1. The lowest BCUT2D eigenvalue weighted by Crippen LogP contribution is -2.27. The molecule has 1 aromatic rings. The molecule has 1 fully saturated rings. The van der Waals surface area contributed by atoms with Crippen LogP contribution in [0.3, 0.4) is 0 Å². The van der Waals surface area contributed by atoms with Crippen LogP contribution in [0.25, 0.3) is 0 Å². The Balaban J connectivity index is 2.35. The summed E-state index contributed by atoms with van der Waals surface area (Å²) in [5.74, 6) is 5.69. The van der Waals surface area contributed by atoms with Gasteiger partial charge in [-0.25, -0.2) is 15.8 Å². The first kappa shape index (κ1) is 14.4. The number of nitro groups is 1. The lowest BCUT2D eigenvalue weighted by molar-refractivity contribution is -0.383. The van der Waals surface area contributed by atoms with Crippen molar-refractivity contribution in [2.75, 3.05) is 23.4 Å². The predicted molar refractivity (Wildman–Crippen MR) is 76.3 cm³/mol. The van der Waals surface area contributed by atoms with E-state index in [1.807, 2.05) is 4.90 Å². The van der Waals surface area contributed by atoms with Gasteiger partial charge in [-0.15, -0.1) is 0 Å². The molecule has 0 atom stereocenters. The molecule has 0 aliphatic carbocycles. The van der Waals surface area contributed by atoms with Crippen molar-refractivity contribution in [1.82, 2.24) is 9.97 Å². The van der Waals surface area contributed by atoms with Gasteiger partial charge in [-0.05, 0) is 24.7 Å². The van der Waals surface area contributed by atoms with Crippen molar-refractivity contribution in [2.45, 2.75) is 33.1 Å². The number of hydrogen-bond donors (Lipinski definition) is 2. The van der Waals surface area contributed by atoms with Crippen molar-refractivity contribution in [3.63, 3.8) is 0 Å². The molecule has 0 radical (unpaired) electrons. The van der Waals surface area contributed by atoms with E-state index in [-0.39, 0.29) is 16.9 Å². The van der Waals surface area contributed by atoms with Crippen molar-refractivity contribution in [2.24, 2.45) is 11.3 Å². The Bertz CT molecular complexity index is 505. The zero-order chi connectivity index (χ0) is 14.8. The van der Waals surface area contributed by atoms with E-state index < -0.39 is 4.92 Å². The summed E-state index contributed by atoms with van der Waals surface area (Å²) in [6.07, 6.45) is 4.36. The molecule has 8 heteroatoms. The molecule has 20 heavy (non-hydrogen) atoms. The van der Waals surface area contributed by atoms with Gasteiger partial charge in [0.1, 0.15) is 6.33 Å². The van der Waals surface area contributed by atoms with Gasteiger partial charge in [0.15, 0.2) is 0 Å². The third-order valence-electron chi connectivity index (χ3n) is 3.76. The summed E-state index contributed by atoms with van der Waals surface area (Å²) in [7, 11) is 0. The second-order valence-corrected chi connectivity index (χ2v) is 5.80. The van der Waals surface area contributed by atoms with Gasteiger partial charge in [-0.1, -0.05) is 13.8 Å². The highest BCUT2D eigenvalue weighted by Crippen LogP contribution is 2.35. The van der Waals surface area contributed by atoms with Gasteiger partial charge in [-0.3, -0.25) is 10.1 Å². The average Bonchev–Trinajstić information content (AvgIpc) is 2.58. The third-order valence-corrected chi connectivity index (χ3v) is 3.76. The molecule has 1 saturated heterocycles. The van der Waals surface area contributed by atoms with E-state index in [0.29, 0.717) is 5.82 Å². The molecule has 3 N–H and O–H groups in total. The molecule has 0 amide bonds. The van der Waals surface area contributed by atoms with Crippen LogP contribution in [-0.4, -0.2) is 28.0 Å². The van der Waals surface area contributed by atoms with Crippen LogP contribution in [0, 0.1) is 15.5 Å². The first-order valence-electron chi connectivity index (χ1n) is 6.65. The van der Waals surface area contributed by atoms with Gasteiger partial charge < -0.3 is 10.3 Å². The molecular formula is C12H20N6O2. The summed E-state index contributed by atoms with van der Waals surface area (Å²) >= 11 is 0. The largest absolute Gasteiger partial charge is 0.354 e. The Morgan fingerprint density at radius 1 is 1.40 bits per heavy atom. The van der Waals surface area contributed by atoms with E-state index in [9.17, 15) is 10.1 Å². The van der Waals surface area contributed by atoms with E-state index >= 15 is 0 Å². The van der Waals surface area contributed by atoms with Crippen molar-refractivity contribution < 1.29 is 4.92 Å². The van der Waals surface area contributed by atoms with Crippen molar-refractivity contribution >= 4 is 17.3 Å². The maximum absolute atomic E-state index is 11.3. The number of hydrazine groups is 1. The third kappa shape index (κ3) is 2.96. The molecule has 0 bridgehead atoms. The Hall–Kier alpha value is -1.96. The molecular weight excluding hydrogens is 260 g/mol. The van der Waals surface area contributed by atoms with Crippen LogP contribution in [-0.2, 0) is 0 Å². The van der Waals surface area contributed by atoms with Crippen LogP contribution < -0.4 is 16.2 Å². The summed E-state index contributed by atoms with van der Waals surface area (Å²) in [5, 5.41) is 11.3. The number of anilines is 2. The number of rotatable bonds is 3. The Kier molecular flexibility index (Phi) is 4.03.